The number of hydrogen-bond acceptors (Lipinski definition) is 4. The minimum Gasteiger partial charge on any atom is -0.478 e. The molecule has 1 N–H and O–H groups in total. The summed E-state index contributed by atoms with van der Waals surface area (Å²) < 4.78 is 24.7. The summed E-state index contributed by atoms with van der Waals surface area (Å²) in [6, 6.07) is 6.37. The highest BCUT2D eigenvalue weighted by Crippen LogP contribution is 2.16. The second kappa shape index (κ2) is 7.31. The van der Waals surface area contributed by atoms with Gasteiger partial charge in [-0.05, 0) is 25.0 Å². The van der Waals surface area contributed by atoms with Crippen LogP contribution in [-0.2, 0) is 21.2 Å². The number of carboxylic acid groups (broad SMARTS) is 1. The molecule has 1 heterocycles. The lowest BCUT2D eigenvalue weighted by atomic mass is 10.0. The molecule has 1 aromatic rings. The van der Waals surface area contributed by atoms with Crippen molar-refractivity contribution in [1.29, 1.82) is 0 Å². The van der Waals surface area contributed by atoms with Crippen molar-refractivity contribution in [2.45, 2.75) is 25.8 Å². The van der Waals surface area contributed by atoms with Crippen LogP contribution < -0.4 is 0 Å². The van der Waals surface area contributed by atoms with E-state index < -0.39 is 16.0 Å². The summed E-state index contributed by atoms with van der Waals surface area (Å²) in [5.41, 5.74) is 0.835. The lowest BCUT2D eigenvalue weighted by Gasteiger charge is -2.38. The zero-order valence-electron chi connectivity index (χ0n) is 13.8. The van der Waals surface area contributed by atoms with E-state index in [2.05, 4.69) is 0 Å². The Balaban J connectivity index is 1.96. The van der Waals surface area contributed by atoms with Gasteiger partial charge in [0.2, 0.25) is 15.9 Å². The van der Waals surface area contributed by atoms with Crippen molar-refractivity contribution in [3.05, 3.63) is 35.4 Å². The first-order valence-corrected chi connectivity index (χ1v) is 9.60. The van der Waals surface area contributed by atoms with Crippen LogP contribution in [0.3, 0.4) is 0 Å². The predicted octanol–water partition coefficient (Wildman–Crippen LogP) is 0.810. The van der Waals surface area contributed by atoms with Crippen molar-refractivity contribution < 1.29 is 23.1 Å². The van der Waals surface area contributed by atoms with Crippen molar-refractivity contribution in [3.8, 4) is 0 Å². The molecule has 1 aromatic carbocycles. The Morgan fingerprint density at radius 3 is 2.50 bits per heavy atom. The smallest absolute Gasteiger partial charge is 0.335 e. The van der Waals surface area contributed by atoms with Gasteiger partial charge < -0.3 is 10.0 Å². The number of benzene rings is 1. The minimum atomic E-state index is -3.26. The molecule has 7 nitrogen and oxygen atoms in total. The van der Waals surface area contributed by atoms with E-state index >= 15 is 0 Å². The molecule has 0 bridgehead atoms. The Hall–Kier alpha value is -1.93. The van der Waals surface area contributed by atoms with Crippen LogP contribution >= 0.6 is 0 Å². The first kappa shape index (κ1) is 18.4. The Labute approximate surface area is 141 Å². The largest absolute Gasteiger partial charge is 0.478 e. The number of carboxylic acids is 1. The molecular formula is C16H22N2O5S. The van der Waals surface area contributed by atoms with Gasteiger partial charge in [-0.3, -0.25) is 4.79 Å². The Kier molecular flexibility index (Phi) is 5.61. The number of amides is 1. The topological polar surface area (TPSA) is 95.0 Å². The number of sulfonamides is 1. The monoisotopic (exact) mass is 354 g/mol. The van der Waals surface area contributed by atoms with Crippen LogP contribution in [0.2, 0.25) is 0 Å². The summed E-state index contributed by atoms with van der Waals surface area (Å²) in [5.74, 6) is -1.09. The van der Waals surface area contributed by atoms with E-state index in [1.54, 1.807) is 30.0 Å². The predicted molar refractivity (Wildman–Crippen MR) is 89.3 cm³/mol. The summed E-state index contributed by atoms with van der Waals surface area (Å²) in [6.07, 6.45) is 1.72. The Morgan fingerprint density at radius 1 is 1.25 bits per heavy atom. The molecule has 1 fully saturated rings. The summed E-state index contributed by atoms with van der Waals surface area (Å²) in [6.45, 7) is 2.78. The summed E-state index contributed by atoms with van der Waals surface area (Å²) in [5, 5.41) is 9.16. The number of rotatable bonds is 5. The Bertz CT molecular complexity index is 732. The fraction of sp³-hybridized carbons (Fsp3) is 0.500. The molecule has 0 radical (unpaired) electrons. The molecule has 2 rings (SSSR count). The van der Waals surface area contributed by atoms with Gasteiger partial charge >= 0.3 is 5.97 Å². The quantitative estimate of drug-likeness (QED) is 0.844. The lowest BCUT2D eigenvalue weighted by molar-refractivity contribution is -0.133. The standard InChI is InChI=1S/C16H22N2O5S/c1-12-11-17(9-10-18(12)24(2,22)23)15(19)8-7-13-5-3-4-6-14(13)16(20)21/h3-6,12H,7-11H2,1-2H3,(H,20,21)/t12-/m0/s1. The first-order valence-electron chi connectivity index (χ1n) is 7.76. The second-order valence-corrected chi connectivity index (χ2v) is 7.96. The molecule has 1 saturated heterocycles. The summed E-state index contributed by atoms with van der Waals surface area (Å²) in [7, 11) is -3.26. The maximum atomic E-state index is 12.4. The van der Waals surface area contributed by atoms with Crippen LogP contribution in [0.4, 0.5) is 0 Å². The van der Waals surface area contributed by atoms with Gasteiger partial charge in [-0.1, -0.05) is 18.2 Å². The third kappa shape index (κ3) is 4.33. The zero-order valence-corrected chi connectivity index (χ0v) is 14.6. The van der Waals surface area contributed by atoms with Crippen molar-refractivity contribution in [3.63, 3.8) is 0 Å². The number of carbonyl (C=O) groups is 2. The van der Waals surface area contributed by atoms with Crippen molar-refractivity contribution in [1.82, 2.24) is 9.21 Å². The van der Waals surface area contributed by atoms with Gasteiger partial charge in [0.25, 0.3) is 0 Å². The maximum Gasteiger partial charge on any atom is 0.335 e. The number of aryl methyl sites for hydroxylation is 1. The Morgan fingerprint density at radius 2 is 1.92 bits per heavy atom. The number of hydrogen-bond donors (Lipinski definition) is 1. The van der Waals surface area contributed by atoms with E-state index in [-0.39, 0.29) is 30.5 Å². The van der Waals surface area contributed by atoms with E-state index in [0.29, 0.717) is 25.1 Å². The van der Waals surface area contributed by atoms with Crippen LogP contribution in [0.25, 0.3) is 0 Å². The van der Waals surface area contributed by atoms with E-state index in [4.69, 9.17) is 5.11 Å². The average molecular weight is 354 g/mol. The highest BCUT2D eigenvalue weighted by atomic mass is 32.2. The maximum absolute atomic E-state index is 12.4. The van der Waals surface area contributed by atoms with Gasteiger partial charge in [-0.15, -0.1) is 0 Å². The van der Waals surface area contributed by atoms with E-state index in [0.717, 1.165) is 0 Å². The van der Waals surface area contributed by atoms with Gasteiger partial charge in [0.1, 0.15) is 0 Å². The van der Waals surface area contributed by atoms with Crippen molar-refractivity contribution in [2.75, 3.05) is 25.9 Å². The molecule has 1 atom stereocenters. The van der Waals surface area contributed by atoms with Gasteiger partial charge in [-0.25, -0.2) is 13.2 Å². The van der Waals surface area contributed by atoms with Crippen LogP contribution in [0, 0.1) is 0 Å². The molecule has 0 saturated carbocycles. The SMILES string of the molecule is C[C@H]1CN(C(=O)CCc2ccccc2C(=O)O)CCN1S(C)(=O)=O. The molecule has 0 unspecified atom stereocenters. The summed E-state index contributed by atoms with van der Waals surface area (Å²) >= 11 is 0. The highest BCUT2D eigenvalue weighted by molar-refractivity contribution is 7.88. The first-order chi connectivity index (χ1) is 11.2. The molecule has 1 aliphatic heterocycles. The molecule has 0 spiro atoms. The normalized spacial score (nSPS) is 19.2. The minimum absolute atomic E-state index is 0.0878. The molecule has 24 heavy (non-hydrogen) atoms. The van der Waals surface area contributed by atoms with Crippen LogP contribution in [0.15, 0.2) is 24.3 Å². The number of piperazine rings is 1. The average Bonchev–Trinajstić information content (AvgIpc) is 2.51. The number of nitrogens with zero attached hydrogens (tertiary/aromatic N) is 2. The number of aromatic carboxylic acids is 1. The third-order valence-electron chi connectivity index (χ3n) is 4.20. The van der Waals surface area contributed by atoms with E-state index in [9.17, 15) is 18.0 Å². The molecule has 8 heteroatoms. The fourth-order valence-electron chi connectivity index (χ4n) is 3.01. The number of carbonyl (C=O) groups excluding carboxylic acids is 1. The van der Waals surface area contributed by atoms with E-state index in [1.165, 1.54) is 16.6 Å². The van der Waals surface area contributed by atoms with Crippen LogP contribution in [0.1, 0.15) is 29.3 Å². The van der Waals surface area contributed by atoms with Gasteiger partial charge in [0.05, 0.1) is 11.8 Å². The zero-order chi connectivity index (χ0) is 17.9. The fourth-order valence-corrected chi connectivity index (χ4v) is 4.14. The lowest BCUT2D eigenvalue weighted by Crippen LogP contribution is -2.55. The van der Waals surface area contributed by atoms with Crippen molar-refractivity contribution in [2.24, 2.45) is 0 Å². The van der Waals surface area contributed by atoms with Crippen molar-refractivity contribution >= 4 is 21.9 Å². The molecule has 132 valence electrons. The molecule has 1 amide bonds. The summed E-state index contributed by atoms with van der Waals surface area (Å²) in [4.78, 5) is 25.2. The molecular weight excluding hydrogens is 332 g/mol. The van der Waals surface area contributed by atoms with Gasteiger partial charge in [-0.2, -0.15) is 4.31 Å². The molecule has 0 aromatic heterocycles. The molecule has 0 aliphatic carbocycles. The van der Waals surface area contributed by atoms with E-state index in [1.807, 2.05) is 0 Å². The van der Waals surface area contributed by atoms with Gasteiger partial charge in [0, 0.05) is 32.1 Å². The molecule has 1 aliphatic rings. The second-order valence-electron chi connectivity index (χ2n) is 6.02. The highest BCUT2D eigenvalue weighted by Gasteiger charge is 2.31. The van der Waals surface area contributed by atoms with Crippen LogP contribution in [0.5, 0.6) is 0 Å². The third-order valence-corrected chi connectivity index (χ3v) is 5.60. The van der Waals surface area contributed by atoms with Crippen LogP contribution in [-0.4, -0.2) is 66.5 Å². The van der Waals surface area contributed by atoms with Gasteiger partial charge in [0.15, 0.2) is 0 Å².